The Kier molecular flexibility index (Phi) is 5.64. The lowest BCUT2D eigenvalue weighted by Gasteiger charge is -2.08. The number of carboxylic acids is 1. The number of rotatable bonds is 6. The SMILES string of the molecule is CCCc1cc(C(=O)Nc2cc(C(=O)O)cc(S(C)(=O)=O)c2)sc1C. The first kappa shape index (κ1) is 19.1. The molecule has 0 unspecified atom stereocenters. The van der Waals surface area contributed by atoms with Crippen LogP contribution in [0.2, 0.25) is 0 Å². The van der Waals surface area contributed by atoms with Crippen molar-refractivity contribution in [3.8, 4) is 0 Å². The second kappa shape index (κ2) is 7.37. The number of amides is 1. The molecular formula is C17H19NO5S2. The molecule has 8 heteroatoms. The molecular weight excluding hydrogens is 362 g/mol. The monoisotopic (exact) mass is 381 g/mol. The first-order valence-electron chi connectivity index (χ1n) is 7.61. The molecule has 134 valence electrons. The van der Waals surface area contributed by atoms with Gasteiger partial charge in [0.1, 0.15) is 0 Å². The maximum Gasteiger partial charge on any atom is 0.335 e. The summed E-state index contributed by atoms with van der Waals surface area (Å²) in [6, 6.07) is 5.38. The molecule has 0 aliphatic heterocycles. The van der Waals surface area contributed by atoms with Gasteiger partial charge in [0.2, 0.25) is 0 Å². The molecule has 0 radical (unpaired) electrons. The van der Waals surface area contributed by atoms with Crippen molar-refractivity contribution in [2.24, 2.45) is 0 Å². The van der Waals surface area contributed by atoms with Crippen LogP contribution in [0, 0.1) is 6.92 Å². The Hall–Kier alpha value is -2.19. The van der Waals surface area contributed by atoms with Gasteiger partial charge in [0.05, 0.1) is 15.3 Å². The van der Waals surface area contributed by atoms with E-state index in [1.807, 2.05) is 13.0 Å². The topological polar surface area (TPSA) is 101 Å². The van der Waals surface area contributed by atoms with Crippen LogP contribution < -0.4 is 5.32 Å². The third-order valence-corrected chi connectivity index (χ3v) is 5.79. The number of carboxylic acid groups (broad SMARTS) is 1. The molecule has 0 saturated heterocycles. The molecule has 0 fully saturated rings. The fourth-order valence-electron chi connectivity index (χ4n) is 2.35. The summed E-state index contributed by atoms with van der Waals surface area (Å²) in [7, 11) is -3.60. The predicted molar refractivity (Wildman–Crippen MR) is 97.5 cm³/mol. The van der Waals surface area contributed by atoms with Gasteiger partial charge >= 0.3 is 5.97 Å². The second-order valence-electron chi connectivity index (χ2n) is 5.72. The Balaban J connectivity index is 2.36. The first-order valence-corrected chi connectivity index (χ1v) is 10.3. The summed E-state index contributed by atoms with van der Waals surface area (Å²) < 4.78 is 23.5. The highest BCUT2D eigenvalue weighted by Crippen LogP contribution is 2.25. The zero-order valence-electron chi connectivity index (χ0n) is 14.1. The summed E-state index contributed by atoms with van der Waals surface area (Å²) >= 11 is 1.36. The summed E-state index contributed by atoms with van der Waals surface area (Å²) in [5.74, 6) is -1.66. The van der Waals surface area contributed by atoms with Crippen molar-refractivity contribution < 1.29 is 23.1 Å². The second-order valence-corrected chi connectivity index (χ2v) is 8.99. The lowest BCUT2D eigenvalue weighted by atomic mass is 10.1. The zero-order chi connectivity index (χ0) is 18.8. The number of carbonyl (C=O) groups is 2. The van der Waals surface area contributed by atoms with Gasteiger partial charge < -0.3 is 10.4 Å². The lowest BCUT2D eigenvalue weighted by Crippen LogP contribution is -2.12. The van der Waals surface area contributed by atoms with E-state index in [1.54, 1.807) is 0 Å². The highest BCUT2D eigenvalue weighted by Gasteiger charge is 2.17. The van der Waals surface area contributed by atoms with Crippen molar-refractivity contribution in [1.29, 1.82) is 0 Å². The van der Waals surface area contributed by atoms with Crippen LogP contribution in [0.15, 0.2) is 29.2 Å². The third-order valence-electron chi connectivity index (χ3n) is 3.60. The van der Waals surface area contributed by atoms with Gasteiger partial charge in [-0.25, -0.2) is 13.2 Å². The van der Waals surface area contributed by atoms with Crippen LogP contribution in [-0.2, 0) is 16.3 Å². The van der Waals surface area contributed by atoms with Crippen LogP contribution in [0.3, 0.4) is 0 Å². The number of aromatic carboxylic acids is 1. The van der Waals surface area contributed by atoms with E-state index in [0.717, 1.165) is 35.6 Å². The average Bonchev–Trinajstić information content (AvgIpc) is 2.88. The standard InChI is InChI=1S/C17H19NO5S2/c1-4-5-11-8-15(24-10(11)2)16(19)18-13-6-12(17(20)21)7-14(9-13)25(3,22)23/h6-9H,4-5H2,1-3H3,(H,18,19)(H,20,21). The summed E-state index contributed by atoms with van der Waals surface area (Å²) in [5.41, 5.74) is 1.04. The van der Waals surface area contributed by atoms with Crippen molar-refractivity contribution >= 4 is 38.7 Å². The zero-order valence-corrected chi connectivity index (χ0v) is 15.8. The van der Waals surface area contributed by atoms with Crippen LogP contribution in [-0.4, -0.2) is 31.7 Å². The Bertz CT molecular complexity index is 929. The minimum Gasteiger partial charge on any atom is -0.478 e. The van der Waals surface area contributed by atoms with Crippen molar-refractivity contribution in [3.05, 3.63) is 45.1 Å². The van der Waals surface area contributed by atoms with Crippen molar-refractivity contribution in [1.82, 2.24) is 0 Å². The summed E-state index contributed by atoms with van der Waals surface area (Å²) in [6.45, 7) is 4.00. The molecule has 1 aromatic carbocycles. The van der Waals surface area contributed by atoms with E-state index in [2.05, 4.69) is 12.2 Å². The molecule has 1 amide bonds. The fraction of sp³-hybridized carbons (Fsp3) is 0.294. The number of aryl methyl sites for hydroxylation is 2. The molecule has 2 rings (SSSR count). The van der Waals surface area contributed by atoms with E-state index in [9.17, 15) is 18.0 Å². The maximum atomic E-state index is 12.4. The van der Waals surface area contributed by atoms with E-state index < -0.39 is 21.7 Å². The smallest absolute Gasteiger partial charge is 0.335 e. The van der Waals surface area contributed by atoms with E-state index in [4.69, 9.17) is 5.11 Å². The number of anilines is 1. The van der Waals surface area contributed by atoms with E-state index >= 15 is 0 Å². The van der Waals surface area contributed by atoms with Gasteiger partial charge in [-0.15, -0.1) is 11.3 Å². The average molecular weight is 381 g/mol. The van der Waals surface area contributed by atoms with Gasteiger partial charge in [-0.1, -0.05) is 13.3 Å². The minimum absolute atomic E-state index is 0.133. The fourth-order valence-corrected chi connectivity index (χ4v) is 4.00. The Morgan fingerprint density at radius 3 is 2.44 bits per heavy atom. The highest BCUT2D eigenvalue weighted by molar-refractivity contribution is 7.90. The Morgan fingerprint density at radius 2 is 1.88 bits per heavy atom. The van der Waals surface area contributed by atoms with E-state index in [-0.39, 0.29) is 16.1 Å². The lowest BCUT2D eigenvalue weighted by molar-refractivity contribution is 0.0696. The summed E-state index contributed by atoms with van der Waals surface area (Å²) in [5, 5.41) is 11.7. The molecule has 2 N–H and O–H groups in total. The Labute approximate surface area is 150 Å². The number of thiophene rings is 1. The number of hydrogen-bond donors (Lipinski definition) is 2. The molecule has 25 heavy (non-hydrogen) atoms. The van der Waals surface area contributed by atoms with Crippen LogP contribution in [0.5, 0.6) is 0 Å². The highest BCUT2D eigenvalue weighted by atomic mass is 32.2. The molecule has 0 atom stereocenters. The molecule has 0 aliphatic carbocycles. The molecule has 1 aromatic heterocycles. The predicted octanol–water partition coefficient (Wildman–Crippen LogP) is 3.36. The van der Waals surface area contributed by atoms with Gasteiger partial charge in [0, 0.05) is 16.8 Å². The Morgan fingerprint density at radius 1 is 1.20 bits per heavy atom. The van der Waals surface area contributed by atoms with Crippen molar-refractivity contribution in [3.63, 3.8) is 0 Å². The van der Waals surface area contributed by atoms with Crippen molar-refractivity contribution in [2.45, 2.75) is 31.6 Å². The summed E-state index contributed by atoms with van der Waals surface area (Å²) in [4.78, 5) is 25.0. The molecule has 0 aliphatic rings. The van der Waals surface area contributed by atoms with Crippen LogP contribution in [0.4, 0.5) is 5.69 Å². The quantitative estimate of drug-likeness (QED) is 0.799. The molecule has 0 spiro atoms. The summed E-state index contributed by atoms with van der Waals surface area (Å²) in [6.07, 6.45) is 2.83. The number of hydrogen-bond acceptors (Lipinski definition) is 5. The van der Waals surface area contributed by atoms with Gasteiger partial charge in [0.25, 0.3) is 5.91 Å². The van der Waals surface area contributed by atoms with Gasteiger partial charge in [-0.05, 0) is 43.2 Å². The van der Waals surface area contributed by atoms with E-state index in [1.165, 1.54) is 23.5 Å². The van der Waals surface area contributed by atoms with Crippen LogP contribution in [0.1, 0.15) is 43.8 Å². The van der Waals surface area contributed by atoms with Gasteiger partial charge in [-0.3, -0.25) is 4.79 Å². The van der Waals surface area contributed by atoms with Crippen molar-refractivity contribution in [2.75, 3.05) is 11.6 Å². The molecule has 2 aromatic rings. The van der Waals surface area contributed by atoms with Crippen LogP contribution >= 0.6 is 11.3 Å². The minimum atomic E-state index is -3.60. The number of carbonyl (C=O) groups excluding carboxylic acids is 1. The maximum absolute atomic E-state index is 12.4. The number of sulfone groups is 1. The normalized spacial score (nSPS) is 11.3. The molecule has 0 saturated carbocycles. The van der Waals surface area contributed by atoms with Gasteiger partial charge in [-0.2, -0.15) is 0 Å². The molecule has 1 heterocycles. The van der Waals surface area contributed by atoms with Crippen LogP contribution in [0.25, 0.3) is 0 Å². The van der Waals surface area contributed by atoms with Gasteiger partial charge in [0.15, 0.2) is 9.84 Å². The van der Waals surface area contributed by atoms with E-state index in [0.29, 0.717) is 4.88 Å². The largest absolute Gasteiger partial charge is 0.478 e. The molecule has 0 bridgehead atoms. The number of benzene rings is 1. The first-order chi connectivity index (χ1) is 11.6. The number of nitrogens with one attached hydrogen (secondary N) is 1. The third kappa shape index (κ3) is 4.67. The molecule has 6 nitrogen and oxygen atoms in total.